The average molecular weight is 760 g/mol. The maximum atomic E-state index is 9.87. The zero-order chi connectivity index (χ0) is 25.2. The Morgan fingerprint density at radius 2 is 0.583 bits per heavy atom. The molecule has 9 aliphatic rings. The summed E-state index contributed by atoms with van der Waals surface area (Å²) in [7, 11) is -9.93. The molecule has 9 fully saturated rings. The molecule has 8 saturated heterocycles. The van der Waals surface area contributed by atoms with Crippen molar-refractivity contribution in [1.82, 2.24) is 29.4 Å². The molecular weight excluding hydrogens is 723 g/mol. The zero-order valence-electron chi connectivity index (χ0n) is 20.2. The quantitative estimate of drug-likeness (QED) is 0.219. The van der Waals surface area contributed by atoms with Gasteiger partial charge in [0.05, 0.1) is 40.0 Å². The van der Waals surface area contributed by atoms with E-state index in [9.17, 15) is 25.2 Å². The minimum Gasteiger partial charge on any atom is -0.0496 e. The van der Waals surface area contributed by atoms with Gasteiger partial charge in [-0.25, -0.2) is 0 Å². The molecule has 8 bridgehead atoms. The van der Waals surface area contributed by atoms with E-state index in [2.05, 4.69) is 55.1 Å². The molecule has 8 aliphatic heterocycles. The Morgan fingerprint density at radius 1 is 0.417 bits per heavy atom. The van der Waals surface area contributed by atoms with Crippen LogP contribution >= 0.6 is 23.7 Å². The second-order valence-electron chi connectivity index (χ2n) is 10.1. The van der Waals surface area contributed by atoms with Crippen LogP contribution in [-0.2, 0) is 20.1 Å². The van der Waals surface area contributed by atoms with E-state index in [0.717, 1.165) is 0 Å². The first-order chi connectivity index (χ1) is 16.2. The molecule has 0 spiro atoms. The van der Waals surface area contributed by atoms with E-state index in [-0.39, 0.29) is 20.1 Å². The molecule has 0 aromatic rings. The van der Waals surface area contributed by atoms with Crippen molar-refractivity contribution in [3.63, 3.8) is 0 Å². The minimum absolute atomic E-state index is 0. The van der Waals surface area contributed by atoms with Crippen molar-refractivity contribution in [3.8, 4) is 0 Å². The van der Waals surface area contributed by atoms with Crippen LogP contribution in [0.3, 0.4) is 0 Å². The summed E-state index contributed by atoms with van der Waals surface area (Å²) in [6, 6.07) is 0. The van der Waals surface area contributed by atoms with E-state index in [1.54, 1.807) is 0 Å². The average Bonchev–Trinajstić information content (AvgIpc) is 2.64. The first-order valence-electron chi connectivity index (χ1n) is 11.9. The smallest absolute Gasteiger partial charge is 0 e. The van der Waals surface area contributed by atoms with Crippen molar-refractivity contribution in [2.75, 3.05) is 77.7 Å². The molecular formula is C20H36F6IrN6P3-. The Labute approximate surface area is 227 Å². The summed E-state index contributed by atoms with van der Waals surface area (Å²) in [6.45, 7) is 7.47. The number of hydrogen-bond donors (Lipinski definition) is 0. The normalized spacial score (nSPS) is 41.8. The van der Waals surface area contributed by atoms with Gasteiger partial charge in [-0.1, -0.05) is 15.8 Å². The molecule has 16 heteroatoms. The van der Waals surface area contributed by atoms with Crippen molar-refractivity contribution < 1.29 is 45.3 Å². The molecule has 213 valence electrons. The molecule has 9 rings (SSSR count). The van der Waals surface area contributed by atoms with Crippen LogP contribution in [0.15, 0.2) is 0 Å². The van der Waals surface area contributed by atoms with Crippen molar-refractivity contribution >= 4 is 23.7 Å². The van der Waals surface area contributed by atoms with E-state index >= 15 is 0 Å². The number of nitrogens with zero attached hydrogens (tertiary/aromatic N) is 6. The van der Waals surface area contributed by atoms with E-state index in [1.807, 2.05) is 0 Å². The molecule has 36 heavy (non-hydrogen) atoms. The molecule has 1 aliphatic carbocycles. The van der Waals surface area contributed by atoms with Crippen LogP contribution in [0.1, 0.15) is 25.7 Å². The molecule has 1 saturated carbocycles. The van der Waals surface area contributed by atoms with Crippen LogP contribution in [0.2, 0.25) is 0 Å². The van der Waals surface area contributed by atoms with Gasteiger partial charge in [0.1, 0.15) is 0 Å². The fourth-order valence-corrected chi connectivity index (χ4v) is 10.3. The van der Waals surface area contributed by atoms with Crippen molar-refractivity contribution in [3.05, 3.63) is 25.7 Å². The van der Waals surface area contributed by atoms with Gasteiger partial charge in [-0.05, 0) is 51.4 Å². The van der Waals surface area contributed by atoms with Crippen LogP contribution in [0, 0.1) is 25.7 Å². The number of hydrogen-bond acceptors (Lipinski definition) is 6. The molecule has 6 nitrogen and oxygen atoms in total. The Kier molecular flexibility index (Phi) is 11.0. The van der Waals surface area contributed by atoms with Crippen LogP contribution in [-0.4, -0.2) is 107 Å². The molecule has 0 amide bonds. The maximum absolute atomic E-state index is 10.7. The second-order valence-corrected chi connectivity index (χ2v) is 16.4. The third-order valence-corrected chi connectivity index (χ3v) is 10.9. The fourth-order valence-electron chi connectivity index (χ4n) is 5.32. The van der Waals surface area contributed by atoms with Gasteiger partial charge >= 0.3 is 33.0 Å². The van der Waals surface area contributed by atoms with E-state index in [0.29, 0.717) is 15.8 Å². The molecule has 0 unspecified atom stereocenters. The SMILES string of the molecule is C1N2CN3CN1CP(C2)C3.C1N2CN3CN1CP(C2)C3.F[P-](F)(F)(F)(F)F.[CH]1[CH]CC[CH][CH]CC1.[Ir]. The fraction of sp³-hybridized carbons (Fsp3) is 0.800. The Balaban J connectivity index is 0.000000134. The largest absolute Gasteiger partial charge is 0.0496 e. The van der Waals surface area contributed by atoms with Gasteiger partial charge in [-0.15, -0.1) is 0 Å². The van der Waals surface area contributed by atoms with Crippen molar-refractivity contribution in [2.45, 2.75) is 25.7 Å². The van der Waals surface area contributed by atoms with E-state index in [4.69, 9.17) is 0 Å². The summed E-state index contributed by atoms with van der Waals surface area (Å²) in [5.74, 6) is 0. The summed E-state index contributed by atoms with van der Waals surface area (Å²) in [5.41, 5.74) is 0. The van der Waals surface area contributed by atoms with Crippen LogP contribution in [0.4, 0.5) is 25.2 Å². The van der Waals surface area contributed by atoms with E-state index < -0.39 is 7.81 Å². The molecule has 0 aromatic heterocycles. The van der Waals surface area contributed by atoms with E-state index in [1.165, 1.54) is 103 Å². The minimum atomic E-state index is -10.7. The summed E-state index contributed by atoms with van der Waals surface area (Å²) in [6.07, 6.45) is 22.5. The van der Waals surface area contributed by atoms with Gasteiger partial charge in [0.2, 0.25) is 0 Å². The van der Waals surface area contributed by atoms with Crippen LogP contribution in [0.25, 0.3) is 0 Å². The molecule has 8 heterocycles. The van der Waals surface area contributed by atoms with Gasteiger partial charge < -0.3 is 0 Å². The van der Waals surface area contributed by atoms with Crippen molar-refractivity contribution in [2.24, 2.45) is 0 Å². The number of halogens is 6. The topological polar surface area (TPSA) is 19.4 Å². The first-order valence-corrected chi connectivity index (χ1v) is 17.7. The summed E-state index contributed by atoms with van der Waals surface area (Å²) in [4.78, 5) is 15.4. The predicted octanol–water partition coefficient (Wildman–Crippen LogP) is 6.08. The predicted molar refractivity (Wildman–Crippen MR) is 133 cm³/mol. The third kappa shape index (κ3) is 12.6. The van der Waals surface area contributed by atoms with Crippen LogP contribution < -0.4 is 0 Å². The maximum Gasteiger partial charge on any atom is 0 e. The zero-order valence-corrected chi connectivity index (χ0v) is 25.3. The summed E-state index contributed by atoms with van der Waals surface area (Å²) >= 11 is 0. The Morgan fingerprint density at radius 3 is 0.722 bits per heavy atom. The number of rotatable bonds is 0. The Hall–Kier alpha value is 1.28. The van der Waals surface area contributed by atoms with Gasteiger partial charge in [-0.2, -0.15) is 0 Å². The molecule has 5 radical (unpaired) electrons. The summed E-state index contributed by atoms with van der Waals surface area (Å²) < 4.78 is 59.2. The third-order valence-electron chi connectivity index (χ3n) is 6.13. The standard InChI is InChI=1S/C8H12.2C6H12N3P.F6P.Ir/c1-2-4-6-8-7-5-3-1;2*1-7-2-9-3-8(1)5-10(4-7)6-9;1-7(2,3,4,5)6;/h1-2,7-8H,3-6H2;2*1-6H2;;/q;;;-1;. The summed E-state index contributed by atoms with van der Waals surface area (Å²) in [5, 5.41) is 0. The van der Waals surface area contributed by atoms with Gasteiger partial charge in [0, 0.05) is 57.8 Å². The second kappa shape index (κ2) is 12.4. The molecule has 0 atom stereocenters. The van der Waals surface area contributed by atoms with Gasteiger partial charge in [-0.3, -0.25) is 29.4 Å². The first kappa shape index (κ1) is 31.8. The molecule has 0 N–H and O–H groups in total. The Bertz CT molecular complexity index is 522. The van der Waals surface area contributed by atoms with Crippen LogP contribution in [0.5, 0.6) is 0 Å². The molecule has 0 aromatic carbocycles. The van der Waals surface area contributed by atoms with Gasteiger partial charge in [0.15, 0.2) is 0 Å². The van der Waals surface area contributed by atoms with Gasteiger partial charge in [0.25, 0.3) is 0 Å². The monoisotopic (exact) mass is 760 g/mol. The van der Waals surface area contributed by atoms with Crippen molar-refractivity contribution in [1.29, 1.82) is 0 Å².